The summed E-state index contributed by atoms with van der Waals surface area (Å²) in [6.07, 6.45) is 0.797. The molecule has 5 rings (SSSR count). The summed E-state index contributed by atoms with van der Waals surface area (Å²) in [5, 5.41) is 7.35. The van der Waals surface area contributed by atoms with Crippen molar-refractivity contribution in [3.8, 4) is 5.75 Å². The third kappa shape index (κ3) is 4.13. The van der Waals surface area contributed by atoms with Crippen LogP contribution in [0.3, 0.4) is 0 Å². The Hall–Kier alpha value is -3.88. The second kappa shape index (κ2) is 8.57. The molecule has 0 radical (unpaired) electrons. The number of para-hydroxylation sites is 2. The molecule has 1 fully saturated rings. The van der Waals surface area contributed by atoms with Gasteiger partial charge in [-0.2, -0.15) is 5.10 Å². The molecule has 0 spiro atoms. The van der Waals surface area contributed by atoms with E-state index in [-0.39, 0.29) is 36.5 Å². The number of carbonyl (C=O) groups excluding carboxylic acids is 1. The van der Waals surface area contributed by atoms with Crippen LogP contribution in [-0.4, -0.2) is 43.2 Å². The maximum atomic E-state index is 13.3. The first-order valence-corrected chi connectivity index (χ1v) is 10.8. The smallest absolute Gasteiger partial charge is 0.329 e. The summed E-state index contributed by atoms with van der Waals surface area (Å²) < 4.78 is 22.0. The average Bonchev–Trinajstić information content (AvgIpc) is 3.54. The number of rotatable bonds is 6. The lowest BCUT2D eigenvalue weighted by molar-refractivity contribution is -0.130. The van der Waals surface area contributed by atoms with Gasteiger partial charge in [0.15, 0.2) is 0 Å². The number of fused-ring (bicyclic) bond motifs is 1. The van der Waals surface area contributed by atoms with Crippen LogP contribution >= 0.6 is 0 Å². The van der Waals surface area contributed by atoms with Crippen molar-refractivity contribution in [2.45, 2.75) is 25.5 Å². The molecule has 8 nitrogen and oxygen atoms in total. The van der Waals surface area contributed by atoms with Gasteiger partial charge in [-0.15, -0.1) is 0 Å². The number of H-pyrrole nitrogens is 1. The van der Waals surface area contributed by atoms with Crippen molar-refractivity contribution in [2.24, 2.45) is 7.05 Å². The highest BCUT2D eigenvalue weighted by Gasteiger charge is 2.29. The lowest BCUT2D eigenvalue weighted by Crippen LogP contribution is -2.35. The maximum absolute atomic E-state index is 13.3. The van der Waals surface area contributed by atoms with Crippen LogP contribution in [0.4, 0.5) is 4.39 Å². The molecule has 0 bridgehead atoms. The molecule has 1 amide bonds. The molecule has 1 aliphatic rings. The van der Waals surface area contributed by atoms with Gasteiger partial charge in [0.25, 0.3) is 0 Å². The van der Waals surface area contributed by atoms with Crippen LogP contribution in [0.5, 0.6) is 5.75 Å². The number of aryl methyl sites for hydroxylation is 1. The van der Waals surface area contributed by atoms with Crippen LogP contribution in [0.2, 0.25) is 0 Å². The van der Waals surface area contributed by atoms with Gasteiger partial charge in [0.2, 0.25) is 5.91 Å². The van der Waals surface area contributed by atoms with E-state index < -0.39 is 0 Å². The molecule has 0 saturated carbocycles. The van der Waals surface area contributed by atoms with Crippen LogP contribution < -0.4 is 10.4 Å². The molecule has 0 aliphatic carbocycles. The molecule has 1 atom stereocenters. The summed E-state index contributed by atoms with van der Waals surface area (Å²) >= 11 is 0. The van der Waals surface area contributed by atoms with E-state index in [0.29, 0.717) is 18.8 Å². The van der Waals surface area contributed by atoms with Gasteiger partial charge in [-0.25, -0.2) is 9.18 Å². The molecule has 9 heteroatoms. The molecule has 2 aromatic carbocycles. The second-order valence-electron chi connectivity index (χ2n) is 8.31. The van der Waals surface area contributed by atoms with Gasteiger partial charge >= 0.3 is 5.69 Å². The Morgan fingerprint density at radius 3 is 2.82 bits per heavy atom. The number of hydrogen-bond donors (Lipinski definition) is 1. The Morgan fingerprint density at radius 1 is 1.18 bits per heavy atom. The minimum Gasteiger partial charge on any atom is -0.487 e. The maximum Gasteiger partial charge on any atom is 0.329 e. The Bertz CT molecular complexity index is 1370. The number of benzene rings is 2. The highest BCUT2D eigenvalue weighted by Crippen LogP contribution is 2.27. The van der Waals surface area contributed by atoms with Crippen molar-refractivity contribution >= 4 is 16.9 Å². The van der Waals surface area contributed by atoms with Crippen molar-refractivity contribution in [3.05, 3.63) is 82.3 Å². The quantitative estimate of drug-likeness (QED) is 0.491. The first kappa shape index (κ1) is 21.0. The van der Waals surface area contributed by atoms with Crippen LogP contribution in [-0.2, 0) is 25.0 Å². The van der Waals surface area contributed by atoms with E-state index in [2.05, 4.69) is 10.2 Å². The minimum absolute atomic E-state index is 0.0141. The third-order valence-corrected chi connectivity index (χ3v) is 6.15. The van der Waals surface area contributed by atoms with Gasteiger partial charge in [-0.3, -0.25) is 19.0 Å². The number of amides is 1. The zero-order chi connectivity index (χ0) is 22.9. The molecule has 2 aromatic heterocycles. The van der Waals surface area contributed by atoms with E-state index in [9.17, 15) is 14.0 Å². The highest BCUT2D eigenvalue weighted by molar-refractivity contribution is 5.81. The molecule has 0 unspecified atom stereocenters. The van der Waals surface area contributed by atoms with Gasteiger partial charge in [0, 0.05) is 32.1 Å². The fourth-order valence-electron chi connectivity index (χ4n) is 4.36. The highest BCUT2D eigenvalue weighted by atomic mass is 19.1. The Kier molecular flexibility index (Phi) is 5.45. The van der Waals surface area contributed by atoms with Crippen molar-refractivity contribution in [2.75, 3.05) is 13.1 Å². The lowest BCUT2D eigenvalue weighted by atomic mass is 10.1. The van der Waals surface area contributed by atoms with E-state index in [1.165, 1.54) is 16.7 Å². The monoisotopic (exact) mass is 449 g/mol. The number of halogens is 1. The van der Waals surface area contributed by atoms with Crippen LogP contribution in [0, 0.1) is 5.82 Å². The number of imidazole rings is 1. The van der Waals surface area contributed by atoms with Crippen LogP contribution in [0.15, 0.2) is 59.4 Å². The number of nitrogens with one attached hydrogen (secondary N) is 1. The number of aromatic amines is 1. The zero-order valence-corrected chi connectivity index (χ0v) is 18.2. The van der Waals surface area contributed by atoms with E-state index in [1.807, 2.05) is 30.3 Å². The fraction of sp³-hybridized carbons (Fsp3) is 0.292. The molecule has 1 aliphatic heterocycles. The Morgan fingerprint density at radius 2 is 2.00 bits per heavy atom. The molecule has 1 saturated heterocycles. The third-order valence-electron chi connectivity index (χ3n) is 6.15. The van der Waals surface area contributed by atoms with Gasteiger partial charge in [0.1, 0.15) is 24.7 Å². The predicted molar refractivity (Wildman–Crippen MR) is 120 cm³/mol. The first-order valence-electron chi connectivity index (χ1n) is 10.8. The number of likely N-dealkylation sites (tertiary alicyclic amines) is 1. The minimum atomic E-state index is -0.348. The van der Waals surface area contributed by atoms with Gasteiger partial charge < -0.3 is 9.64 Å². The molecular formula is C24H24FN5O3. The summed E-state index contributed by atoms with van der Waals surface area (Å²) in [7, 11) is 1.71. The number of aromatic nitrogens is 4. The first-order chi connectivity index (χ1) is 16.0. The summed E-state index contributed by atoms with van der Waals surface area (Å²) in [5.41, 5.74) is 3.01. The normalized spacial score (nSPS) is 15.9. The van der Waals surface area contributed by atoms with Crippen molar-refractivity contribution in [3.63, 3.8) is 0 Å². The van der Waals surface area contributed by atoms with Gasteiger partial charge in [-0.1, -0.05) is 18.2 Å². The number of ether oxygens (including phenoxy) is 1. The molecule has 33 heavy (non-hydrogen) atoms. The number of carbonyl (C=O) groups is 1. The molecule has 1 N–H and O–H groups in total. The van der Waals surface area contributed by atoms with Crippen molar-refractivity contribution in [1.82, 2.24) is 24.2 Å². The SMILES string of the molecule is Cn1c(=O)n(CC(=O)N2CC[C@H](c3cc(COc4cccc(F)c4)[nH]n3)C2)c2ccccc21. The van der Waals surface area contributed by atoms with Gasteiger partial charge in [0.05, 0.1) is 22.4 Å². The molecule has 170 valence electrons. The van der Waals surface area contributed by atoms with Crippen molar-refractivity contribution in [1.29, 1.82) is 0 Å². The Balaban J connectivity index is 1.22. The van der Waals surface area contributed by atoms with Crippen molar-refractivity contribution < 1.29 is 13.9 Å². The fourth-order valence-corrected chi connectivity index (χ4v) is 4.36. The molecule has 3 heterocycles. The molecule has 4 aromatic rings. The lowest BCUT2D eigenvalue weighted by Gasteiger charge is -2.16. The Labute approximate surface area is 189 Å². The van der Waals surface area contributed by atoms with E-state index >= 15 is 0 Å². The predicted octanol–water partition coefficient (Wildman–Crippen LogP) is 2.80. The number of nitrogens with zero attached hydrogens (tertiary/aromatic N) is 4. The summed E-state index contributed by atoms with van der Waals surface area (Å²) in [6.45, 7) is 1.43. The summed E-state index contributed by atoms with van der Waals surface area (Å²) in [6, 6.07) is 15.4. The zero-order valence-electron chi connectivity index (χ0n) is 18.2. The summed E-state index contributed by atoms with van der Waals surface area (Å²) in [5.74, 6) is 0.130. The van der Waals surface area contributed by atoms with Crippen LogP contribution in [0.25, 0.3) is 11.0 Å². The van der Waals surface area contributed by atoms with E-state index in [1.54, 1.807) is 28.6 Å². The largest absolute Gasteiger partial charge is 0.487 e. The average molecular weight is 449 g/mol. The van der Waals surface area contributed by atoms with Crippen LogP contribution in [0.1, 0.15) is 23.7 Å². The van der Waals surface area contributed by atoms with E-state index in [4.69, 9.17) is 4.74 Å². The molecular weight excluding hydrogens is 425 g/mol. The van der Waals surface area contributed by atoms with Gasteiger partial charge in [-0.05, 0) is 36.8 Å². The standard InChI is InChI=1S/C24H24FN5O3/c1-28-21-7-2-3-8-22(21)30(24(28)32)14-23(31)29-10-9-16(13-29)20-12-18(26-27-20)15-33-19-6-4-5-17(25)11-19/h2-8,11-12,16H,9-10,13-15H2,1H3,(H,26,27)/t16-/m0/s1. The summed E-state index contributed by atoms with van der Waals surface area (Å²) in [4.78, 5) is 27.4. The topological polar surface area (TPSA) is 85.1 Å². The van der Waals surface area contributed by atoms with E-state index in [0.717, 1.165) is 28.8 Å². The number of hydrogen-bond acceptors (Lipinski definition) is 4. The second-order valence-corrected chi connectivity index (χ2v) is 8.31.